The average molecular weight is 332 g/mol. The van der Waals surface area contributed by atoms with Gasteiger partial charge in [0, 0.05) is 23.8 Å². The topological polar surface area (TPSA) is 44.4 Å². The summed E-state index contributed by atoms with van der Waals surface area (Å²) in [5.74, 6) is 0.812. The first-order valence-electron chi connectivity index (χ1n) is 8.04. The number of carbonyl (C=O) groups excluding carboxylic acids is 1. The Bertz CT molecular complexity index is 645. The van der Waals surface area contributed by atoms with Crippen LogP contribution in [0.15, 0.2) is 47.9 Å². The summed E-state index contributed by atoms with van der Waals surface area (Å²) in [5, 5.41) is 7.15. The Hall–Kier alpha value is -1.94. The van der Waals surface area contributed by atoms with E-state index in [-0.39, 0.29) is 11.9 Å². The zero-order chi connectivity index (χ0) is 16.4. The van der Waals surface area contributed by atoms with Crippen molar-refractivity contribution in [1.29, 1.82) is 0 Å². The molecule has 1 saturated heterocycles. The fraction of sp³-hybridized carbons (Fsp3) is 0.389. The van der Waals surface area contributed by atoms with Crippen LogP contribution in [0.2, 0.25) is 5.02 Å². The number of nitrogens with one attached hydrogen (secondary N) is 2. The van der Waals surface area contributed by atoms with E-state index < -0.39 is 0 Å². The number of amides is 1. The van der Waals surface area contributed by atoms with Crippen molar-refractivity contribution in [3.63, 3.8) is 0 Å². The Morgan fingerprint density at radius 3 is 2.52 bits per heavy atom. The molecule has 0 spiro atoms. The Kier molecular flexibility index (Phi) is 4.62. The number of carbonyl (C=O) groups is 1. The van der Waals surface area contributed by atoms with E-state index in [1.54, 1.807) is 0 Å². The van der Waals surface area contributed by atoms with Gasteiger partial charge in [-0.3, -0.25) is 4.79 Å². The number of likely N-dealkylation sites (tertiary alicyclic amines) is 1. The van der Waals surface area contributed by atoms with Gasteiger partial charge in [-0.25, -0.2) is 0 Å². The lowest BCUT2D eigenvalue weighted by Crippen LogP contribution is -2.44. The van der Waals surface area contributed by atoms with Gasteiger partial charge in [0.25, 0.3) is 5.91 Å². The van der Waals surface area contributed by atoms with E-state index in [1.165, 1.54) is 6.42 Å². The Balaban J connectivity index is 1.95. The van der Waals surface area contributed by atoms with Crippen LogP contribution in [0.4, 0.5) is 0 Å². The van der Waals surface area contributed by atoms with Gasteiger partial charge >= 0.3 is 0 Å². The van der Waals surface area contributed by atoms with E-state index in [1.807, 2.05) is 36.1 Å². The molecule has 2 N–H and O–H groups in total. The first-order valence-corrected chi connectivity index (χ1v) is 8.42. The number of halogens is 1. The third-order valence-electron chi connectivity index (χ3n) is 4.43. The van der Waals surface area contributed by atoms with Crippen molar-refractivity contribution in [3.8, 4) is 0 Å². The van der Waals surface area contributed by atoms with Gasteiger partial charge in [-0.1, -0.05) is 30.3 Å². The normalized spacial score (nSPS) is 21.7. The molecule has 1 aromatic rings. The van der Waals surface area contributed by atoms with E-state index in [0.717, 1.165) is 42.8 Å². The Morgan fingerprint density at radius 2 is 1.87 bits per heavy atom. The summed E-state index contributed by atoms with van der Waals surface area (Å²) in [6, 6.07) is 7.41. The first-order chi connectivity index (χ1) is 11.1. The molecule has 1 unspecified atom stereocenters. The molecule has 1 fully saturated rings. The van der Waals surface area contributed by atoms with E-state index >= 15 is 0 Å². The molecule has 0 bridgehead atoms. The monoisotopic (exact) mass is 331 g/mol. The quantitative estimate of drug-likeness (QED) is 0.873. The first kappa shape index (κ1) is 15.9. The zero-order valence-corrected chi connectivity index (χ0v) is 14.1. The van der Waals surface area contributed by atoms with Gasteiger partial charge in [-0.05, 0) is 43.9 Å². The molecule has 1 amide bonds. The van der Waals surface area contributed by atoms with Crippen LogP contribution in [0.3, 0.4) is 0 Å². The SMILES string of the molecule is C=C1NC(C)=C(C(=O)N2CCCCC2)C(c2ccc(Cl)cc2)N1. The highest BCUT2D eigenvalue weighted by molar-refractivity contribution is 6.30. The lowest BCUT2D eigenvalue weighted by Gasteiger charge is -2.35. The molecule has 23 heavy (non-hydrogen) atoms. The maximum absolute atomic E-state index is 13.1. The third kappa shape index (κ3) is 3.37. The summed E-state index contributed by atoms with van der Waals surface area (Å²) in [6.07, 6.45) is 3.37. The van der Waals surface area contributed by atoms with E-state index in [4.69, 9.17) is 11.6 Å². The molecule has 3 rings (SSSR count). The van der Waals surface area contributed by atoms with Crippen LogP contribution >= 0.6 is 11.6 Å². The average Bonchev–Trinajstić information content (AvgIpc) is 2.55. The molecule has 5 heteroatoms. The highest BCUT2D eigenvalue weighted by Crippen LogP contribution is 2.30. The van der Waals surface area contributed by atoms with Crippen LogP contribution < -0.4 is 10.6 Å². The Labute approximate surface area is 142 Å². The maximum atomic E-state index is 13.1. The van der Waals surface area contributed by atoms with Crippen LogP contribution in [0.5, 0.6) is 0 Å². The Morgan fingerprint density at radius 1 is 1.22 bits per heavy atom. The van der Waals surface area contributed by atoms with Gasteiger partial charge < -0.3 is 15.5 Å². The smallest absolute Gasteiger partial charge is 0.253 e. The van der Waals surface area contributed by atoms with Crippen LogP contribution in [0, 0.1) is 0 Å². The fourth-order valence-corrected chi connectivity index (χ4v) is 3.38. The van der Waals surface area contributed by atoms with E-state index in [2.05, 4.69) is 17.2 Å². The van der Waals surface area contributed by atoms with Crippen molar-refractivity contribution in [3.05, 3.63) is 58.5 Å². The maximum Gasteiger partial charge on any atom is 0.253 e. The van der Waals surface area contributed by atoms with Crippen LogP contribution in [-0.4, -0.2) is 23.9 Å². The minimum absolute atomic E-state index is 0.106. The van der Waals surface area contributed by atoms with E-state index in [9.17, 15) is 4.79 Å². The molecule has 2 aliphatic heterocycles. The summed E-state index contributed by atoms with van der Waals surface area (Å²) in [7, 11) is 0. The molecule has 0 aliphatic carbocycles. The van der Waals surface area contributed by atoms with Crippen molar-refractivity contribution < 1.29 is 4.79 Å². The zero-order valence-electron chi connectivity index (χ0n) is 13.4. The number of allylic oxidation sites excluding steroid dienone is 1. The number of hydrogen-bond donors (Lipinski definition) is 2. The number of benzene rings is 1. The molecule has 2 aliphatic rings. The van der Waals surface area contributed by atoms with Crippen LogP contribution in [-0.2, 0) is 4.79 Å². The van der Waals surface area contributed by atoms with Crippen LogP contribution in [0.1, 0.15) is 37.8 Å². The number of rotatable bonds is 2. The van der Waals surface area contributed by atoms with Crippen molar-refractivity contribution >= 4 is 17.5 Å². The molecule has 0 radical (unpaired) electrons. The molecular weight excluding hydrogens is 310 g/mol. The predicted molar refractivity (Wildman–Crippen MR) is 92.7 cm³/mol. The van der Waals surface area contributed by atoms with Crippen molar-refractivity contribution in [2.24, 2.45) is 0 Å². The molecular formula is C18H22ClN3O. The van der Waals surface area contributed by atoms with Gasteiger partial charge in [0.2, 0.25) is 0 Å². The summed E-state index contributed by atoms with van der Waals surface area (Å²) in [4.78, 5) is 15.0. The molecule has 0 saturated carbocycles. The molecule has 122 valence electrons. The van der Waals surface area contributed by atoms with Gasteiger partial charge in [0.05, 0.1) is 17.4 Å². The molecule has 4 nitrogen and oxygen atoms in total. The van der Waals surface area contributed by atoms with E-state index in [0.29, 0.717) is 10.8 Å². The third-order valence-corrected chi connectivity index (χ3v) is 4.68. The predicted octanol–water partition coefficient (Wildman–Crippen LogP) is 3.33. The summed E-state index contributed by atoms with van der Waals surface area (Å²) in [5.41, 5.74) is 2.64. The summed E-state index contributed by atoms with van der Waals surface area (Å²) < 4.78 is 0. The number of piperidine rings is 1. The van der Waals surface area contributed by atoms with Crippen molar-refractivity contribution in [1.82, 2.24) is 15.5 Å². The van der Waals surface area contributed by atoms with Gasteiger partial charge in [0.15, 0.2) is 0 Å². The van der Waals surface area contributed by atoms with Gasteiger partial charge in [0.1, 0.15) is 0 Å². The highest BCUT2D eigenvalue weighted by atomic mass is 35.5. The van der Waals surface area contributed by atoms with Crippen molar-refractivity contribution in [2.75, 3.05) is 13.1 Å². The molecule has 1 aromatic carbocycles. The fourth-order valence-electron chi connectivity index (χ4n) is 3.25. The van der Waals surface area contributed by atoms with Gasteiger partial charge in [-0.15, -0.1) is 0 Å². The molecule has 2 heterocycles. The minimum Gasteiger partial charge on any atom is -0.361 e. The van der Waals surface area contributed by atoms with Crippen LogP contribution in [0.25, 0.3) is 0 Å². The lowest BCUT2D eigenvalue weighted by atomic mass is 9.93. The largest absolute Gasteiger partial charge is 0.361 e. The highest BCUT2D eigenvalue weighted by Gasteiger charge is 2.32. The lowest BCUT2D eigenvalue weighted by molar-refractivity contribution is -0.128. The number of hydrogen-bond acceptors (Lipinski definition) is 3. The molecule has 0 aromatic heterocycles. The standard InChI is InChI=1S/C18H22ClN3O/c1-12-16(18(23)22-10-4-3-5-11-22)17(21-13(2)20-12)14-6-8-15(19)9-7-14/h6-9,17,20-21H,2-5,10-11H2,1H3. The summed E-state index contributed by atoms with van der Waals surface area (Å²) >= 11 is 5.99. The van der Waals surface area contributed by atoms with Gasteiger partial charge in [-0.2, -0.15) is 0 Å². The minimum atomic E-state index is -0.199. The second-order valence-corrected chi connectivity index (χ2v) is 6.56. The molecule has 1 atom stereocenters. The number of nitrogens with zero attached hydrogens (tertiary/aromatic N) is 1. The summed E-state index contributed by atoms with van der Waals surface area (Å²) in [6.45, 7) is 7.57. The van der Waals surface area contributed by atoms with Crippen molar-refractivity contribution in [2.45, 2.75) is 32.2 Å². The second-order valence-electron chi connectivity index (χ2n) is 6.12. The second kappa shape index (κ2) is 6.67.